The molecule has 158 valence electrons. The zero-order valence-corrected chi connectivity index (χ0v) is 18.2. The van der Waals surface area contributed by atoms with Crippen LogP contribution in [0.25, 0.3) is 0 Å². The third kappa shape index (κ3) is 6.46. The topological polar surface area (TPSA) is 79.0 Å². The van der Waals surface area contributed by atoms with Crippen LogP contribution < -0.4 is 10.1 Å². The van der Waals surface area contributed by atoms with E-state index < -0.39 is 10.2 Å². The summed E-state index contributed by atoms with van der Waals surface area (Å²) >= 11 is 0. The predicted molar refractivity (Wildman–Crippen MR) is 110 cm³/mol. The third-order valence-corrected chi connectivity index (χ3v) is 6.79. The zero-order valence-electron chi connectivity index (χ0n) is 17.3. The lowest BCUT2D eigenvalue weighted by Crippen LogP contribution is -2.46. The number of piperidine rings is 1. The van der Waals surface area contributed by atoms with Crippen molar-refractivity contribution in [3.8, 4) is 5.75 Å². The van der Waals surface area contributed by atoms with Crippen molar-refractivity contribution in [2.45, 2.75) is 45.6 Å². The summed E-state index contributed by atoms with van der Waals surface area (Å²) in [5, 5.41) is 2.99. The summed E-state index contributed by atoms with van der Waals surface area (Å²) in [6, 6.07) is 8.06. The first kappa shape index (κ1) is 22.6. The van der Waals surface area contributed by atoms with Crippen molar-refractivity contribution < 1.29 is 17.9 Å². The minimum absolute atomic E-state index is 0.0302. The number of nitrogens with one attached hydrogen (secondary N) is 1. The van der Waals surface area contributed by atoms with E-state index in [2.05, 4.69) is 17.4 Å². The molecular weight excluding hydrogens is 378 g/mol. The highest BCUT2D eigenvalue weighted by Gasteiger charge is 2.31. The number of carbonyl (C=O) groups is 1. The average molecular weight is 412 g/mol. The normalized spacial score (nSPS) is 16.5. The van der Waals surface area contributed by atoms with E-state index in [4.69, 9.17) is 4.74 Å². The maximum atomic E-state index is 12.3. The second-order valence-electron chi connectivity index (χ2n) is 7.67. The fraction of sp³-hybridized carbons (Fsp3) is 0.650. The van der Waals surface area contributed by atoms with Crippen molar-refractivity contribution in [1.29, 1.82) is 0 Å². The molecule has 1 aromatic carbocycles. The summed E-state index contributed by atoms with van der Waals surface area (Å²) in [6.07, 6.45) is 3.05. The van der Waals surface area contributed by atoms with Gasteiger partial charge in [-0.2, -0.15) is 17.0 Å². The largest absolute Gasteiger partial charge is 0.491 e. The minimum Gasteiger partial charge on any atom is -0.491 e. The van der Waals surface area contributed by atoms with E-state index in [0.717, 1.165) is 18.6 Å². The summed E-state index contributed by atoms with van der Waals surface area (Å²) in [7, 11) is -0.331. The molecule has 0 aromatic heterocycles. The summed E-state index contributed by atoms with van der Waals surface area (Å²) in [5.41, 5.74) is 1.22. The van der Waals surface area contributed by atoms with Crippen molar-refractivity contribution in [2.75, 3.05) is 33.7 Å². The molecular formula is C20H33N3O4S. The van der Waals surface area contributed by atoms with Crippen LogP contribution in [0.3, 0.4) is 0 Å². The van der Waals surface area contributed by atoms with Crippen LogP contribution in [-0.4, -0.2) is 62.8 Å². The maximum Gasteiger partial charge on any atom is 0.281 e. The van der Waals surface area contributed by atoms with Crippen LogP contribution in [0.5, 0.6) is 5.75 Å². The number of ether oxygens (including phenoxy) is 1. The van der Waals surface area contributed by atoms with Gasteiger partial charge in [-0.1, -0.05) is 12.1 Å². The number of amides is 1. The lowest BCUT2D eigenvalue weighted by atomic mass is 9.97. The number of carbonyl (C=O) groups excluding carboxylic acids is 1. The van der Waals surface area contributed by atoms with Gasteiger partial charge in [-0.05, 0) is 57.2 Å². The van der Waals surface area contributed by atoms with Gasteiger partial charge in [0.05, 0.1) is 6.10 Å². The number of hydrogen-bond acceptors (Lipinski definition) is 4. The van der Waals surface area contributed by atoms with Gasteiger partial charge >= 0.3 is 0 Å². The molecule has 0 atom stereocenters. The highest BCUT2D eigenvalue weighted by atomic mass is 32.2. The monoisotopic (exact) mass is 411 g/mol. The van der Waals surface area contributed by atoms with Gasteiger partial charge in [0.25, 0.3) is 10.2 Å². The zero-order chi connectivity index (χ0) is 20.7. The predicted octanol–water partition coefficient (Wildman–Crippen LogP) is 2.04. The quantitative estimate of drug-likeness (QED) is 0.631. The van der Waals surface area contributed by atoms with Gasteiger partial charge in [0.15, 0.2) is 0 Å². The molecule has 1 amide bonds. The lowest BCUT2D eigenvalue weighted by Gasteiger charge is -2.32. The Balaban J connectivity index is 1.68. The molecule has 0 bridgehead atoms. The van der Waals surface area contributed by atoms with Crippen molar-refractivity contribution >= 4 is 16.1 Å². The standard InChI is InChI=1S/C20H33N3O4S/c1-16(2)27-19-9-7-17(8-10-19)6-5-13-21-20(24)18-11-14-23(15-12-18)28(25,26)22(3)4/h7-10,16,18H,5-6,11-15H2,1-4H3,(H,21,24). The summed E-state index contributed by atoms with van der Waals surface area (Å²) in [5.74, 6) is 0.790. The van der Waals surface area contributed by atoms with E-state index in [9.17, 15) is 13.2 Å². The summed E-state index contributed by atoms with van der Waals surface area (Å²) in [6.45, 7) is 5.41. The molecule has 0 unspecified atom stereocenters. The van der Waals surface area contributed by atoms with Crippen LogP contribution in [0.2, 0.25) is 0 Å². The average Bonchev–Trinajstić information content (AvgIpc) is 2.66. The van der Waals surface area contributed by atoms with E-state index in [1.54, 1.807) is 0 Å². The molecule has 0 spiro atoms. The Morgan fingerprint density at radius 1 is 1.21 bits per heavy atom. The molecule has 1 aromatic rings. The van der Waals surface area contributed by atoms with Crippen molar-refractivity contribution in [2.24, 2.45) is 5.92 Å². The van der Waals surface area contributed by atoms with Gasteiger partial charge in [0.1, 0.15) is 5.75 Å². The lowest BCUT2D eigenvalue weighted by molar-refractivity contribution is -0.126. The summed E-state index contributed by atoms with van der Waals surface area (Å²) in [4.78, 5) is 12.3. The first-order chi connectivity index (χ1) is 13.2. The van der Waals surface area contributed by atoms with Gasteiger partial charge in [-0.3, -0.25) is 4.79 Å². The Kier molecular flexibility index (Phi) is 8.27. The molecule has 1 N–H and O–H groups in total. The van der Waals surface area contributed by atoms with Crippen LogP contribution in [0, 0.1) is 5.92 Å². The SMILES string of the molecule is CC(C)Oc1ccc(CCCNC(=O)C2CCN(S(=O)(=O)N(C)C)CC2)cc1. The highest BCUT2D eigenvalue weighted by molar-refractivity contribution is 7.86. The Labute approximate surface area is 169 Å². The molecule has 28 heavy (non-hydrogen) atoms. The minimum atomic E-state index is -3.38. The molecule has 8 heteroatoms. The van der Waals surface area contributed by atoms with Crippen LogP contribution in [-0.2, 0) is 21.4 Å². The first-order valence-electron chi connectivity index (χ1n) is 9.91. The smallest absolute Gasteiger partial charge is 0.281 e. The van der Waals surface area contributed by atoms with Crippen molar-refractivity contribution in [3.05, 3.63) is 29.8 Å². The fourth-order valence-electron chi connectivity index (χ4n) is 3.23. The van der Waals surface area contributed by atoms with Gasteiger partial charge < -0.3 is 10.1 Å². The molecule has 1 saturated heterocycles. The van der Waals surface area contributed by atoms with Gasteiger partial charge in [0.2, 0.25) is 5.91 Å². The molecule has 0 radical (unpaired) electrons. The van der Waals surface area contributed by atoms with Crippen LogP contribution in [0.1, 0.15) is 38.7 Å². The molecule has 1 aliphatic rings. The summed E-state index contributed by atoms with van der Waals surface area (Å²) < 4.78 is 32.5. The van der Waals surface area contributed by atoms with E-state index >= 15 is 0 Å². The molecule has 0 saturated carbocycles. The van der Waals surface area contributed by atoms with E-state index in [-0.39, 0.29) is 17.9 Å². The van der Waals surface area contributed by atoms with Gasteiger partial charge in [-0.25, -0.2) is 0 Å². The fourth-order valence-corrected chi connectivity index (χ4v) is 4.37. The van der Waals surface area contributed by atoms with Crippen LogP contribution in [0.4, 0.5) is 0 Å². The van der Waals surface area contributed by atoms with Crippen molar-refractivity contribution in [3.63, 3.8) is 0 Å². The van der Waals surface area contributed by atoms with Crippen LogP contribution in [0.15, 0.2) is 24.3 Å². The first-order valence-corrected chi connectivity index (χ1v) is 11.3. The second-order valence-corrected chi connectivity index (χ2v) is 9.81. The number of hydrogen-bond donors (Lipinski definition) is 1. The van der Waals surface area contributed by atoms with E-state index in [1.807, 2.05) is 26.0 Å². The molecule has 0 aliphatic carbocycles. The third-order valence-electron chi connectivity index (χ3n) is 4.85. The Bertz CT molecular complexity index is 724. The Morgan fingerprint density at radius 2 is 1.82 bits per heavy atom. The number of rotatable bonds is 9. The van der Waals surface area contributed by atoms with E-state index in [1.165, 1.54) is 28.3 Å². The Hall–Kier alpha value is -1.64. The maximum absolute atomic E-state index is 12.3. The molecule has 7 nitrogen and oxygen atoms in total. The molecule has 1 fully saturated rings. The molecule has 2 rings (SSSR count). The number of aryl methyl sites for hydroxylation is 1. The van der Waals surface area contributed by atoms with Gasteiger partial charge in [0, 0.05) is 39.6 Å². The van der Waals surface area contributed by atoms with Crippen LogP contribution >= 0.6 is 0 Å². The second kappa shape index (κ2) is 10.2. The molecule has 1 aliphatic heterocycles. The Morgan fingerprint density at radius 3 is 2.36 bits per heavy atom. The number of nitrogens with zero attached hydrogens (tertiary/aromatic N) is 2. The molecule has 1 heterocycles. The van der Waals surface area contributed by atoms with Gasteiger partial charge in [-0.15, -0.1) is 0 Å². The highest BCUT2D eigenvalue weighted by Crippen LogP contribution is 2.20. The van der Waals surface area contributed by atoms with E-state index in [0.29, 0.717) is 32.5 Å². The van der Waals surface area contributed by atoms with Crippen molar-refractivity contribution in [1.82, 2.24) is 13.9 Å². The number of benzene rings is 1.